The molecule has 0 amide bonds. The lowest BCUT2D eigenvalue weighted by molar-refractivity contribution is -0.384. The van der Waals surface area contributed by atoms with Crippen molar-refractivity contribution in [3.63, 3.8) is 0 Å². The topological polar surface area (TPSA) is 69.4 Å². The molecule has 0 atom stereocenters. The number of nitrogens with zero attached hydrogens (tertiary/aromatic N) is 1. The molecule has 5 nitrogen and oxygen atoms in total. The van der Waals surface area contributed by atoms with Crippen molar-refractivity contribution >= 4 is 34.9 Å². The van der Waals surface area contributed by atoms with Crippen molar-refractivity contribution in [2.45, 2.75) is 20.0 Å². The van der Waals surface area contributed by atoms with Crippen LogP contribution in [0.5, 0.6) is 0 Å². The van der Waals surface area contributed by atoms with E-state index in [4.69, 9.17) is 27.9 Å². The van der Waals surface area contributed by atoms with Gasteiger partial charge >= 0.3 is 5.97 Å². The Morgan fingerprint density at radius 3 is 2.47 bits per heavy atom. The minimum atomic E-state index is -0.708. The average molecular weight is 278 g/mol. The third kappa shape index (κ3) is 3.31. The maximum Gasteiger partial charge on any atom is 0.338 e. The molecule has 0 aromatic heterocycles. The smallest absolute Gasteiger partial charge is 0.338 e. The average Bonchev–Trinajstić information content (AvgIpc) is 2.20. The number of rotatable bonds is 3. The normalized spacial score (nSPS) is 10.4. The number of carbonyl (C=O) groups excluding carboxylic acids is 1. The van der Waals surface area contributed by atoms with Crippen LogP contribution in [0.1, 0.15) is 24.2 Å². The highest BCUT2D eigenvalue weighted by Crippen LogP contribution is 2.33. The van der Waals surface area contributed by atoms with E-state index in [-0.39, 0.29) is 21.7 Å². The van der Waals surface area contributed by atoms with Gasteiger partial charge in [0, 0.05) is 6.07 Å². The first-order valence-electron chi connectivity index (χ1n) is 4.67. The van der Waals surface area contributed by atoms with Crippen LogP contribution < -0.4 is 0 Å². The molecule has 0 unspecified atom stereocenters. The van der Waals surface area contributed by atoms with Crippen LogP contribution in [0, 0.1) is 10.1 Å². The van der Waals surface area contributed by atoms with Gasteiger partial charge < -0.3 is 4.74 Å². The zero-order valence-corrected chi connectivity index (χ0v) is 10.6. The summed E-state index contributed by atoms with van der Waals surface area (Å²) in [6.45, 7) is 3.34. The third-order valence-electron chi connectivity index (χ3n) is 1.78. The lowest BCUT2D eigenvalue weighted by Gasteiger charge is -2.08. The zero-order valence-electron chi connectivity index (χ0n) is 9.07. The van der Waals surface area contributed by atoms with Crippen molar-refractivity contribution in [3.05, 3.63) is 37.9 Å². The summed E-state index contributed by atoms with van der Waals surface area (Å²) in [6.07, 6.45) is -0.323. The SMILES string of the molecule is CC(C)OC(=O)c1cc(Cl)c(Cl)c([N+](=O)[O-])c1. The van der Waals surface area contributed by atoms with Crippen molar-refractivity contribution in [3.8, 4) is 0 Å². The molecular formula is C10H9Cl2NO4. The fourth-order valence-electron chi connectivity index (χ4n) is 1.11. The summed E-state index contributed by atoms with van der Waals surface area (Å²) >= 11 is 11.3. The molecule has 7 heteroatoms. The molecule has 0 heterocycles. The van der Waals surface area contributed by atoms with E-state index < -0.39 is 16.6 Å². The Balaban J connectivity index is 3.19. The van der Waals surface area contributed by atoms with Gasteiger partial charge in [0.2, 0.25) is 0 Å². The summed E-state index contributed by atoms with van der Waals surface area (Å²) in [7, 11) is 0. The molecule has 17 heavy (non-hydrogen) atoms. The Bertz CT molecular complexity index is 474. The number of carbonyl (C=O) groups is 1. The maximum atomic E-state index is 11.5. The molecule has 1 aromatic rings. The van der Waals surface area contributed by atoms with E-state index >= 15 is 0 Å². The summed E-state index contributed by atoms with van der Waals surface area (Å²) in [4.78, 5) is 21.5. The first-order valence-corrected chi connectivity index (χ1v) is 5.43. The highest BCUT2D eigenvalue weighted by atomic mass is 35.5. The zero-order chi connectivity index (χ0) is 13.2. The van der Waals surface area contributed by atoms with Gasteiger partial charge in [-0.05, 0) is 19.9 Å². The van der Waals surface area contributed by atoms with Gasteiger partial charge in [0.1, 0.15) is 5.02 Å². The van der Waals surface area contributed by atoms with E-state index in [0.717, 1.165) is 6.07 Å². The first kappa shape index (κ1) is 13.7. The Hall–Kier alpha value is -1.33. The van der Waals surface area contributed by atoms with Gasteiger partial charge in [-0.15, -0.1) is 0 Å². The van der Waals surface area contributed by atoms with Crippen LogP contribution in [-0.2, 0) is 4.74 Å². The van der Waals surface area contributed by atoms with Gasteiger partial charge in [0.25, 0.3) is 5.69 Å². The van der Waals surface area contributed by atoms with Crippen molar-refractivity contribution in [2.75, 3.05) is 0 Å². The maximum absolute atomic E-state index is 11.5. The largest absolute Gasteiger partial charge is 0.459 e. The van der Waals surface area contributed by atoms with Gasteiger partial charge in [-0.2, -0.15) is 0 Å². The summed E-state index contributed by atoms with van der Waals surface area (Å²) in [5.41, 5.74) is -0.422. The van der Waals surface area contributed by atoms with E-state index in [1.165, 1.54) is 6.07 Å². The minimum absolute atomic E-state index is 0.000185. The van der Waals surface area contributed by atoms with E-state index in [1.54, 1.807) is 13.8 Å². The molecule has 0 bridgehead atoms. The van der Waals surface area contributed by atoms with Crippen LogP contribution >= 0.6 is 23.2 Å². The number of ether oxygens (including phenoxy) is 1. The van der Waals surface area contributed by atoms with Crippen LogP contribution in [0.25, 0.3) is 0 Å². The second kappa shape index (κ2) is 5.33. The molecular weight excluding hydrogens is 269 g/mol. The molecule has 0 N–H and O–H groups in total. The Morgan fingerprint density at radius 2 is 2.00 bits per heavy atom. The molecule has 0 aliphatic carbocycles. The summed E-state index contributed by atoms with van der Waals surface area (Å²) in [5.74, 6) is -0.679. The molecule has 0 spiro atoms. The van der Waals surface area contributed by atoms with E-state index in [2.05, 4.69) is 0 Å². The number of benzene rings is 1. The van der Waals surface area contributed by atoms with Crippen molar-refractivity contribution in [1.82, 2.24) is 0 Å². The van der Waals surface area contributed by atoms with Crippen LogP contribution in [0.4, 0.5) is 5.69 Å². The molecule has 0 aliphatic rings. The Kier molecular flexibility index (Phi) is 4.31. The number of nitro groups is 1. The monoisotopic (exact) mass is 277 g/mol. The molecule has 0 radical (unpaired) electrons. The van der Waals surface area contributed by atoms with Gasteiger partial charge in [0.05, 0.1) is 21.6 Å². The molecule has 0 aliphatic heterocycles. The fraction of sp³-hybridized carbons (Fsp3) is 0.300. The molecule has 1 rings (SSSR count). The summed E-state index contributed by atoms with van der Waals surface area (Å²) in [5, 5.41) is 10.4. The van der Waals surface area contributed by atoms with E-state index in [0.29, 0.717) is 0 Å². The molecule has 1 aromatic carbocycles. The number of esters is 1. The predicted molar refractivity (Wildman–Crippen MR) is 63.7 cm³/mol. The quantitative estimate of drug-likeness (QED) is 0.482. The van der Waals surface area contributed by atoms with Crippen molar-refractivity contribution in [2.24, 2.45) is 0 Å². The minimum Gasteiger partial charge on any atom is -0.459 e. The second-order valence-electron chi connectivity index (χ2n) is 3.50. The van der Waals surface area contributed by atoms with Gasteiger partial charge in [-0.25, -0.2) is 4.79 Å². The van der Waals surface area contributed by atoms with Crippen LogP contribution in [0.2, 0.25) is 10.0 Å². The van der Waals surface area contributed by atoms with E-state index in [9.17, 15) is 14.9 Å². The van der Waals surface area contributed by atoms with Crippen molar-refractivity contribution in [1.29, 1.82) is 0 Å². The lowest BCUT2D eigenvalue weighted by Crippen LogP contribution is -2.12. The Labute approximate surface area is 107 Å². The number of hydrogen-bond donors (Lipinski definition) is 0. The predicted octanol–water partition coefficient (Wildman–Crippen LogP) is 3.47. The summed E-state index contributed by atoms with van der Waals surface area (Å²) < 4.78 is 4.90. The van der Waals surface area contributed by atoms with Gasteiger partial charge in [-0.3, -0.25) is 10.1 Å². The van der Waals surface area contributed by atoms with Crippen molar-refractivity contribution < 1.29 is 14.5 Å². The Morgan fingerprint density at radius 1 is 1.41 bits per heavy atom. The first-order chi connectivity index (χ1) is 7.82. The highest BCUT2D eigenvalue weighted by Gasteiger charge is 2.21. The van der Waals surface area contributed by atoms with Crippen LogP contribution in [0.3, 0.4) is 0 Å². The van der Waals surface area contributed by atoms with Gasteiger partial charge in [-0.1, -0.05) is 23.2 Å². The lowest BCUT2D eigenvalue weighted by atomic mass is 10.2. The number of nitro benzene ring substituents is 1. The molecule has 0 saturated heterocycles. The van der Waals surface area contributed by atoms with Crippen LogP contribution in [0.15, 0.2) is 12.1 Å². The van der Waals surface area contributed by atoms with Gasteiger partial charge in [0.15, 0.2) is 0 Å². The van der Waals surface area contributed by atoms with Crippen LogP contribution in [-0.4, -0.2) is 17.0 Å². The standard InChI is InChI=1S/C10H9Cl2NO4/c1-5(2)17-10(14)6-3-7(11)9(12)8(4-6)13(15)16/h3-5H,1-2H3. The second-order valence-corrected chi connectivity index (χ2v) is 4.29. The van der Waals surface area contributed by atoms with E-state index in [1.807, 2.05) is 0 Å². The highest BCUT2D eigenvalue weighted by molar-refractivity contribution is 6.43. The number of halogens is 2. The summed E-state index contributed by atoms with van der Waals surface area (Å²) in [6, 6.07) is 2.28. The molecule has 92 valence electrons. The number of hydrogen-bond acceptors (Lipinski definition) is 4. The molecule has 0 fully saturated rings. The molecule has 0 saturated carbocycles. The third-order valence-corrected chi connectivity index (χ3v) is 2.58. The fourth-order valence-corrected chi connectivity index (χ4v) is 1.50.